The van der Waals surface area contributed by atoms with Crippen LogP contribution in [0.15, 0.2) is 12.2 Å². The molecule has 7 nitrogen and oxygen atoms in total. The van der Waals surface area contributed by atoms with Crippen molar-refractivity contribution in [2.45, 2.75) is 65.8 Å². The molecule has 0 aliphatic heterocycles. The molecular formula is C19H39NO6Si2. The standard InChI is InChI=1S/C19H39NO6Si2/c1-15(2)19(22)20-13-17(21)24-11-10-23-14-16(3)12-18(25-27(4,5)6)26-28(7,8)9/h16,18H,1,10-14H2,2-9H3,(H,20,22). The van der Waals surface area contributed by atoms with Crippen LogP contribution in [-0.2, 0) is 27.9 Å². The summed E-state index contributed by atoms with van der Waals surface area (Å²) in [6, 6.07) is 0. The van der Waals surface area contributed by atoms with Gasteiger partial charge >= 0.3 is 5.97 Å². The Hall–Kier alpha value is -1.01. The van der Waals surface area contributed by atoms with Gasteiger partial charge in [-0.25, -0.2) is 0 Å². The monoisotopic (exact) mass is 433 g/mol. The summed E-state index contributed by atoms with van der Waals surface area (Å²) in [5.74, 6) is -0.612. The summed E-state index contributed by atoms with van der Waals surface area (Å²) in [5, 5.41) is 2.42. The Morgan fingerprint density at radius 2 is 1.54 bits per heavy atom. The Morgan fingerprint density at radius 3 is 2.00 bits per heavy atom. The molecular weight excluding hydrogens is 394 g/mol. The third kappa shape index (κ3) is 16.0. The Balaban J connectivity index is 4.11. The lowest BCUT2D eigenvalue weighted by molar-refractivity contribution is -0.145. The van der Waals surface area contributed by atoms with Gasteiger partial charge in [-0.1, -0.05) is 13.5 Å². The van der Waals surface area contributed by atoms with Gasteiger partial charge in [0, 0.05) is 18.6 Å². The molecule has 0 spiro atoms. The second-order valence-electron chi connectivity index (χ2n) is 8.99. The van der Waals surface area contributed by atoms with E-state index in [1.165, 1.54) is 0 Å². The first-order valence-electron chi connectivity index (χ1n) is 9.72. The van der Waals surface area contributed by atoms with Crippen LogP contribution in [0.2, 0.25) is 39.3 Å². The van der Waals surface area contributed by atoms with Crippen molar-refractivity contribution < 1.29 is 27.9 Å². The maximum atomic E-state index is 11.5. The molecule has 1 amide bonds. The van der Waals surface area contributed by atoms with Crippen molar-refractivity contribution in [3.8, 4) is 0 Å². The average Bonchev–Trinajstić information content (AvgIpc) is 2.48. The summed E-state index contributed by atoms with van der Waals surface area (Å²) in [7, 11) is -3.41. The summed E-state index contributed by atoms with van der Waals surface area (Å²) in [5.41, 5.74) is 0.347. The number of ether oxygens (including phenoxy) is 2. The van der Waals surface area contributed by atoms with Crippen molar-refractivity contribution in [1.29, 1.82) is 0 Å². The minimum atomic E-state index is -1.70. The van der Waals surface area contributed by atoms with Crippen LogP contribution in [0.4, 0.5) is 0 Å². The van der Waals surface area contributed by atoms with Gasteiger partial charge in [-0.05, 0) is 52.1 Å². The van der Waals surface area contributed by atoms with E-state index < -0.39 is 22.6 Å². The molecule has 1 N–H and O–H groups in total. The number of rotatable bonds is 14. The Bertz CT molecular complexity index is 498. The highest BCUT2D eigenvalue weighted by molar-refractivity contribution is 6.70. The third-order valence-corrected chi connectivity index (χ3v) is 5.18. The van der Waals surface area contributed by atoms with Crippen molar-refractivity contribution in [3.05, 3.63) is 12.2 Å². The van der Waals surface area contributed by atoms with E-state index >= 15 is 0 Å². The third-order valence-electron chi connectivity index (χ3n) is 3.24. The van der Waals surface area contributed by atoms with E-state index in [4.69, 9.17) is 18.3 Å². The molecule has 0 bridgehead atoms. The van der Waals surface area contributed by atoms with Crippen molar-refractivity contribution >= 4 is 28.5 Å². The molecule has 0 aromatic carbocycles. The van der Waals surface area contributed by atoms with E-state index in [0.29, 0.717) is 18.8 Å². The van der Waals surface area contributed by atoms with Crippen LogP contribution < -0.4 is 5.32 Å². The lowest BCUT2D eigenvalue weighted by Gasteiger charge is -2.33. The predicted octanol–water partition coefficient (Wildman–Crippen LogP) is 3.29. The number of esters is 1. The van der Waals surface area contributed by atoms with Crippen LogP contribution in [0.5, 0.6) is 0 Å². The minimum absolute atomic E-state index is 0.148. The fourth-order valence-electron chi connectivity index (χ4n) is 2.16. The number of carbonyl (C=O) groups excluding carboxylic acids is 2. The number of amides is 1. The van der Waals surface area contributed by atoms with Crippen LogP contribution >= 0.6 is 0 Å². The van der Waals surface area contributed by atoms with E-state index in [9.17, 15) is 9.59 Å². The van der Waals surface area contributed by atoms with Gasteiger partial charge in [0.15, 0.2) is 16.6 Å². The fourth-order valence-corrected chi connectivity index (χ4v) is 4.12. The zero-order valence-corrected chi connectivity index (χ0v) is 20.8. The van der Waals surface area contributed by atoms with Crippen molar-refractivity contribution in [3.63, 3.8) is 0 Å². The maximum absolute atomic E-state index is 11.5. The van der Waals surface area contributed by atoms with Gasteiger partial charge < -0.3 is 23.6 Å². The number of nitrogens with one attached hydrogen (secondary N) is 1. The van der Waals surface area contributed by atoms with E-state index in [2.05, 4.69) is 58.1 Å². The highest BCUT2D eigenvalue weighted by Gasteiger charge is 2.28. The van der Waals surface area contributed by atoms with Gasteiger partial charge in [-0.15, -0.1) is 0 Å². The van der Waals surface area contributed by atoms with Crippen LogP contribution in [0.3, 0.4) is 0 Å². The van der Waals surface area contributed by atoms with Gasteiger partial charge in [0.2, 0.25) is 5.91 Å². The summed E-state index contributed by atoms with van der Waals surface area (Å²) in [4.78, 5) is 22.8. The van der Waals surface area contributed by atoms with E-state index in [1.807, 2.05) is 0 Å². The summed E-state index contributed by atoms with van der Waals surface area (Å²) < 4.78 is 23.0. The van der Waals surface area contributed by atoms with Crippen LogP contribution in [0.25, 0.3) is 0 Å². The zero-order chi connectivity index (χ0) is 22.0. The van der Waals surface area contributed by atoms with E-state index in [-0.39, 0.29) is 31.3 Å². The Kier molecular flexibility index (Phi) is 12.1. The largest absolute Gasteiger partial charge is 0.462 e. The number of carbonyl (C=O) groups is 2. The van der Waals surface area contributed by atoms with Gasteiger partial charge in [-0.2, -0.15) is 0 Å². The molecule has 0 fully saturated rings. The molecule has 0 rings (SSSR count). The highest BCUT2D eigenvalue weighted by Crippen LogP contribution is 2.20. The number of hydrogen-bond acceptors (Lipinski definition) is 6. The van der Waals surface area contributed by atoms with Crippen molar-refractivity contribution in [2.75, 3.05) is 26.4 Å². The number of hydrogen-bond donors (Lipinski definition) is 1. The topological polar surface area (TPSA) is 83.1 Å². The molecule has 0 heterocycles. The molecule has 0 saturated heterocycles. The first kappa shape index (κ1) is 27.0. The first-order chi connectivity index (χ1) is 12.7. The second kappa shape index (κ2) is 12.5. The lowest BCUT2D eigenvalue weighted by atomic mass is 10.1. The van der Waals surface area contributed by atoms with Gasteiger partial charge in [-0.3, -0.25) is 9.59 Å². The summed E-state index contributed by atoms with van der Waals surface area (Å²) in [6.45, 7) is 20.9. The zero-order valence-electron chi connectivity index (χ0n) is 18.8. The van der Waals surface area contributed by atoms with Crippen LogP contribution in [-0.4, -0.2) is 61.2 Å². The molecule has 0 aromatic heterocycles. The van der Waals surface area contributed by atoms with Gasteiger partial charge in [0.1, 0.15) is 19.4 Å². The molecule has 0 aliphatic carbocycles. The predicted molar refractivity (Wildman–Crippen MR) is 116 cm³/mol. The molecule has 0 radical (unpaired) electrons. The highest BCUT2D eigenvalue weighted by atomic mass is 28.4. The van der Waals surface area contributed by atoms with Crippen LogP contribution in [0, 0.1) is 5.92 Å². The first-order valence-corrected chi connectivity index (χ1v) is 16.5. The fraction of sp³-hybridized carbons (Fsp3) is 0.789. The van der Waals surface area contributed by atoms with Crippen molar-refractivity contribution in [2.24, 2.45) is 5.92 Å². The quantitative estimate of drug-likeness (QED) is 0.149. The molecule has 0 aliphatic rings. The minimum Gasteiger partial charge on any atom is -0.462 e. The maximum Gasteiger partial charge on any atom is 0.325 e. The smallest absolute Gasteiger partial charge is 0.325 e. The molecule has 28 heavy (non-hydrogen) atoms. The summed E-state index contributed by atoms with van der Waals surface area (Å²) >= 11 is 0. The average molecular weight is 434 g/mol. The summed E-state index contributed by atoms with van der Waals surface area (Å²) in [6.07, 6.45) is 0.563. The molecule has 1 unspecified atom stereocenters. The normalized spacial score (nSPS) is 13.3. The van der Waals surface area contributed by atoms with Gasteiger partial charge in [0.05, 0.1) is 6.61 Å². The molecule has 0 saturated carbocycles. The molecule has 1 atom stereocenters. The van der Waals surface area contributed by atoms with E-state index in [1.54, 1.807) is 6.92 Å². The molecule has 9 heteroatoms. The molecule has 0 aromatic rings. The SMILES string of the molecule is C=C(C)C(=O)NCC(=O)OCCOCC(C)CC(O[Si](C)(C)C)O[Si](C)(C)C. The Morgan fingerprint density at radius 1 is 1.00 bits per heavy atom. The second-order valence-corrected chi connectivity index (χ2v) is 17.9. The Labute approximate surface area is 172 Å². The lowest BCUT2D eigenvalue weighted by Crippen LogP contribution is -2.41. The molecule has 164 valence electrons. The van der Waals surface area contributed by atoms with Crippen LogP contribution in [0.1, 0.15) is 20.3 Å². The van der Waals surface area contributed by atoms with E-state index in [0.717, 1.165) is 6.42 Å². The van der Waals surface area contributed by atoms with Crippen molar-refractivity contribution in [1.82, 2.24) is 5.32 Å². The van der Waals surface area contributed by atoms with Gasteiger partial charge in [0.25, 0.3) is 0 Å².